The molecule has 0 aliphatic carbocycles. The third-order valence-electron chi connectivity index (χ3n) is 3.27. The molecule has 0 unspecified atom stereocenters. The van der Waals surface area contributed by atoms with Gasteiger partial charge in [-0.3, -0.25) is 4.99 Å². The molecule has 0 bridgehead atoms. The monoisotopic (exact) mass is 443 g/mol. The number of aliphatic imine (C=N–C) groups is 1. The van der Waals surface area contributed by atoms with E-state index >= 15 is 0 Å². The molecule has 0 amide bonds. The predicted molar refractivity (Wildman–Crippen MR) is 106 cm³/mol. The molecule has 2 rings (SSSR count). The summed E-state index contributed by atoms with van der Waals surface area (Å²) in [4.78, 5) is 6.54. The summed E-state index contributed by atoms with van der Waals surface area (Å²) in [6.45, 7) is 5.51. The largest absolute Gasteiger partial charge is 0.469 e. The Labute approximate surface area is 159 Å². The van der Waals surface area contributed by atoms with Gasteiger partial charge in [0.2, 0.25) is 0 Å². The van der Waals surface area contributed by atoms with Gasteiger partial charge >= 0.3 is 0 Å². The molecule has 24 heavy (non-hydrogen) atoms. The lowest BCUT2D eigenvalue weighted by atomic mass is 10.2. The zero-order valence-corrected chi connectivity index (χ0v) is 16.1. The molecular weight excluding hydrogens is 420 g/mol. The van der Waals surface area contributed by atoms with Gasteiger partial charge in [0.25, 0.3) is 0 Å². The van der Waals surface area contributed by atoms with Crippen LogP contribution in [0.25, 0.3) is 0 Å². The van der Waals surface area contributed by atoms with Crippen molar-refractivity contribution in [3.05, 3.63) is 72.5 Å². The third-order valence-corrected chi connectivity index (χ3v) is 3.27. The summed E-state index contributed by atoms with van der Waals surface area (Å²) in [5.41, 5.74) is 0.895. The molecule has 0 aliphatic heterocycles. The molecule has 0 spiro atoms. The fourth-order valence-corrected chi connectivity index (χ4v) is 2.19. The van der Waals surface area contributed by atoms with Crippen molar-refractivity contribution < 1.29 is 8.81 Å². The SMILES string of the molecule is C=CCNC(=NCCc1ccco1)N(C)Cc1cccc(F)c1.I. The van der Waals surface area contributed by atoms with E-state index in [2.05, 4.69) is 16.9 Å². The number of rotatable bonds is 7. The van der Waals surface area contributed by atoms with Gasteiger partial charge in [-0.15, -0.1) is 30.6 Å². The second kappa shape index (κ2) is 10.9. The quantitative estimate of drug-likeness (QED) is 0.306. The van der Waals surface area contributed by atoms with E-state index in [-0.39, 0.29) is 29.8 Å². The van der Waals surface area contributed by atoms with Gasteiger partial charge in [-0.25, -0.2) is 4.39 Å². The topological polar surface area (TPSA) is 40.8 Å². The zero-order valence-electron chi connectivity index (χ0n) is 13.7. The lowest BCUT2D eigenvalue weighted by Gasteiger charge is -2.22. The van der Waals surface area contributed by atoms with Gasteiger partial charge in [0.15, 0.2) is 5.96 Å². The molecule has 1 heterocycles. The van der Waals surface area contributed by atoms with Crippen molar-refractivity contribution in [1.82, 2.24) is 10.2 Å². The average molecular weight is 443 g/mol. The van der Waals surface area contributed by atoms with E-state index in [1.54, 1.807) is 18.4 Å². The summed E-state index contributed by atoms with van der Waals surface area (Å²) in [7, 11) is 1.92. The first kappa shape index (κ1) is 20.2. The van der Waals surface area contributed by atoms with Crippen molar-refractivity contribution in [3.63, 3.8) is 0 Å². The highest BCUT2D eigenvalue weighted by atomic mass is 127. The van der Waals surface area contributed by atoms with E-state index in [4.69, 9.17) is 4.42 Å². The van der Waals surface area contributed by atoms with Gasteiger partial charge in [0, 0.05) is 33.1 Å². The Morgan fingerprint density at radius 1 is 1.38 bits per heavy atom. The Morgan fingerprint density at radius 2 is 2.21 bits per heavy atom. The summed E-state index contributed by atoms with van der Waals surface area (Å²) in [5, 5.41) is 3.22. The molecule has 1 aromatic carbocycles. The van der Waals surface area contributed by atoms with Crippen LogP contribution in [0.2, 0.25) is 0 Å². The van der Waals surface area contributed by atoms with E-state index in [1.165, 1.54) is 12.1 Å². The van der Waals surface area contributed by atoms with Crippen LogP contribution < -0.4 is 5.32 Å². The van der Waals surface area contributed by atoms with Gasteiger partial charge in [0.05, 0.1) is 6.26 Å². The Morgan fingerprint density at radius 3 is 2.88 bits per heavy atom. The zero-order chi connectivity index (χ0) is 16.5. The number of hydrogen-bond acceptors (Lipinski definition) is 2. The minimum atomic E-state index is -0.230. The van der Waals surface area contributed by atoms with E-state index < -0.39 is 0 Å². The molecule has 0 atom stereocenters. The Balaban J connectivity index is 0.00000288. The summed E-state index contributed by atoms with van der Waals surface area (Å²) >= 11 is 0. The molecule has 6 heteroatoms. The first-order valence-electron chi connectivity index (χ1n) is 7.56. The number of guanidine groups is 1. The highest BCUT2D eigenvalue weighted by Crippen LogP contribution is 2.07. The summed E-state index contributed by atoms with van der Waals surface area (Å²) in [6.07, 6.45) is 4.17. The lowest BCUT2D eigenvalue weighted by molar-refractivity contribution is 0.474. The molecule has 0 fully saturated rings. The van der Waals surface area contributed by atoms with E-state index in [9.17, 15) is 4.39 Å². The predicted octanol–water partition coefficient (Wildman–Crippen LogP) is 3.84. The molecule has 0 aliphatic rings. The Kier molecular flexibility index (Phi) is 9.14. The maximum Gasteiger partial charge on any atom is 0.194 e. The maximum absolute atomic E-state index is 13.3. The number of nitrogens with zero attached hydrogens (tertiary/aromatic N) is 2. The molecule has 2 aromatic rings. The average Bonchev–Trinajstić information content (AvgIpc) is 3.04. The summed E-state index contributed by atoms with van der Waals surface area (Å²) in [6, 6.07) is 10.4. The van der Waals surface area contributed by atoms with Crippen molar-refractivity contribution in [2.45, 2.75) is 13.0 Å². The van der Waals surface area contributed by atoms with Crippen LogP contribution in [-0.4, -0.2) is 31.0 Å². The summed E-state index contributed by atoms with van der Waals surface area (Å²) in [5.74, 6) is 1.43. The van der Waals surface area contributed by atoms with E-state index in [1.807, 2.05) is 30.1 Å². The first-order valence-corrected chi connectivity index (χ1v) is 7.56. The van der Waals surface area contributed by atoms with E-state index in [0.717, 1.165) is 23.7 Å². The van der Waals surface area contributed by atoms with Gasteiger partial charge in [-0.2, -0.15) is 0 Å². The second-order valence-electron chi connectivity index (χ2n) is 5.19. The van der Waals surface area contributed by atoms with Crippen molar-refractivity contribution in [2.75, 3.05) is 20.1 Å². The number of halogens is 2. The van der Waals surface area contributed by atoms with Crippen molar-refractivity contribution in [3.8, 4) is 0 Å². The first-order chi connectivity index (χ1) is 11.2. The van der Waals surface area contributed by atoms with Gasteiger partial charge in [0.1, 0.15) is 11.6 Å². The molecule has 1 aromatic heterocycles. The van der Waals surface area contributed by atoms with Crippen LogP contribution in [0.3, 0.4) is 0 Å². The Hall–Kier alpha value is -1.83. The molecular formula is C18H23FIN3O. The van der Waals surface area contributed by atoms with Gasteiger partial charge in [-0.1, -0.05) is 18.2 Å². The minimum Gasteiger partial charge on any atom is -0.469 e. The third kappa shape index (κ3) is 6.74. The molecule has 0 saturated heterocycles. The second-order valence-corrected chi connectivity index (χ2v) is 5.19. The molecule has 130 valence electrons. The minimum absolute atomic E-state index is 0. The standard InChI is InChI=1S/C18H22FN3O.HI/c1-3-10-20-18(21-11-9-17-8-5-12-23-17)22(2)14-15-6-4-7-16(19)13-15;/h3-8,12-13H,1,9-11,14H2,2H3,(H,20,21);1H. The van der Waals surface area contributed by atoms with Crippen LogP contribution >= 0.6 is 24.0 Å². The Bertz CT molecular complexity index is 643. The number of hydrogen-bond donors (Lipinski definition) is 1. The molecule has 4 nitrogen and oxygen atoms in total. The van der Waals surface area contributed by atoms with Crippen LogP contribution in [-0.2, 0) is 13.0 Å². The highest BCUT2D eigenvalue weighted by molar-refractivity contribution is 14.0. The van der Waals surface area contributed by atoms with Gasteiger partial charge < -0.3 is 14.6 Å². The number of furan rings is 1. The van der Waals surface area contributed by atoms with Crippen LogP contribution in [0, 0.1) is 5.82 Å². The fraction of sp³-hybridized carbons (Fsp3) is 0.278. The lowest BCUT2D eigenvalue weighted by Crippen LogP contribution is -2.38. The molecule has 0 radical (unpaired) electrons. The van der Waals surface area contributed by atoms with Crippen molar-refractivity contribution >= 4 is 29.9 Å². The number of benzene rings is 1. The normalized spacial score (nSPS) is 10.8. The van der Waals surface area contributed by atoms with Crippen LogP contribution in [0.5, 0.6) is 0 Å². The molecule has 1 N–H and O–H groups in total. The summed E-state index contributed by atoms with van der Waals surface area (Å²) < 4.78 is 18.6. The number of nitrogens with one attached hydrogen (secondary N) is 1. The maximum atomic E-state index is 13.3. The van der Waals surface area contributed by atoms with Gasteiger partial charge in [-0.05, 0) is 29.8 Å². The molecule has 0 saturated carbocycles. The van der Waals surface area contributed by atoms with Crippen LogP contribution in [0.1, 0.15) is 11.3 Å². The smallest absolute Gasteiger partial charge is 0.194 e. The van der Waals surface area contributed by atoms with Crippen LogP contribution in [0.4, 0.5) is 4.39 Å². The van der Waals surface area contributed by atoms with E-state index in [0.29, 0.717) is 19.6 Å². The fourth-order valence-electron chi connectivity index (χ4n) is 2.19. The van der Waals surface area contributed by atoms with Crippen LogP contribution in [0.15, 0.2) is 64.7 Å². The highest BCUT2D eigenvalue weighted by Gasteiger charge is 2.07. The van der Waals surface area contributed by atoms with Crippen molar-refractivity contribution in [2.24, 2.45) is 4.99 Å². The van der Waals surface area contributed by atoms with Crippen molar-refractivity contribution in [1.29, 1.82) is 0 Å².